The number of aromatic nitrogens is 2. The third-order valence-corrected chi connectivity index (χ3v) is 7.60. The summed E-state index contributed by atoms with van der Waals surface area (Å²) in [6.45, 7) is 6.79. The first-order valence-electron chi connectivity index (χ1n) is 10.9. The van der Waals surface area contributed by atoms with Crippen LogP contribution in [0, 0.1) is 23.7 Å². The molecule has 7 nitrogen and oxygen atoms in total. The highest BCUT2D eigenvalue weighted by Crippen LogP contribution is 2.49. The van der Waals surface area contributed by atoms with Crippen molar-refractivity contribution in [2.24, 2.45) is 23.7 Å². The van der Waals surface area contributed by atoms with Crippen LogP contribution in [-0.2, 0) is 22.5 Å². The molecule has 0 N–H and O–H groups in total. The molecule has 5 aliphatic rings. The molecule has 0 unspecified atom stereocenters. The molecule has 1 amide bonds. The zero-order valence-corrected chi connectivity index (χ0v) is 16.6. The van der Waals surface area contributed by atoms with E-state index in [2.05, 4.69) is 33.1 Å². The summed E-state index contributed by atoms with van der Waals surface area (Å²) in [7, 11) is 2.22. The predicted molar refractivity (Wildman–Crippen MR) is 104 cm³/mol. The number of fused-ring (bicyclic) bond motifs is 3. The molecule has 5 atom stereocenters. The third kappa shape index (κ3) is 2.74. The Kier molecular flexibility index (Phi) is 3.91. The second kappa shape index (κ2) is 6.39. The molecule has 5 heterocycles. The van der Waals surface area contributed by atoms with Crippen LogP contribution in [0.3, 0.4) is 0 Å². The van der Waals surface area contributed by atoms with Gasteiger partial charge in [0.15, 0.2) is 5.82 Å². The summed E-state index contributed by atoms with van der Waals surface area (Å²) in [5.41, 5.74) is 2.25. The van der Waals surface area contributed by atoms with Crippen molar-refractivity contribution in [3.63, 3.8) is 0 Å². The lowest BCUT2D eigenvalue weighted by Crippen LogP contribution is -2.38. The van der Waals surface area contributed by atoms with Crippen molar-refractivity contribution in [1.29, 1.82) is 0 Å². The standard InChI is InChI=1S/C21H29N5O2/c1-24-8-14-11-26(12-15(14)9-24)18-7-13-10-25(5-4-17(13)22-23-18)21(27)19-16-3-2-6-28-20(16)19/h7,14-16,19-20H,2-6,8-12H2,1H3/t14-,15+,16-,19-,20-/m1/s1. The lowest BCUT2D eigenvalue weighted by Gasteiger charge is -2.29. The van der Waals surface area contributed by atoms with E-state index in [0.29, 0.717) is 18.4 Å². The van der Waals surface area contributed by atoms with Crippen molar-refractivity contribution in [2.75, 3.05) is 51.3 Å². The van der Waals surface area contributed by atoms with Gasteiger partial charge >= 0.3 is 0 Å². The molecule has 1 aromatic heterocycles. The normalized spacial score (nSPS) is 36.8. The molecule has 4 fully saturated rings. The number of ether oxygens (including phenoxy) is 1. The van der Waals surface area contributed by atoms with E-state index in [1.54, 1.807) is 0 Å². The van der Waals surface area contributed by atoms with Crippen LogP contribution < -0.4 is 4.90 Å². The summed E-state index contributed by atoms with van der Waals surface area (Å²) in [5, 5.41) is 9.07. The van der Waals surface area contributed by atoms with Gasteiger partial charge in [0, 0.05) is 58.2 Å². The second-order valence-corrected chi connectivity index (χ2v) is 9.50. The Morgan fingerprint density at radius 1 is 1.18 bits per heavy atom. The minimum absolute atomic E-state index is 0.105. The lowest BCUT2D eigenvalue weighted by atomic mass is 10.0. The van der Waals surface area contributed by atoms with Crippen molar-refractivity contribution in [3.05, 3.63) is 17.3 Å². The van der Waals surface area contributed by atoms with Gasteiger partial charge in [0.2, 0.25) is 5.91 Å². The van der Waals surface area contributed by atoms with Crippen LogP contribution in [0.25, 0.3) is 0 Å². The zero-order chi connectivity index (χ0) is 18.8. The number of likely N-dealkylation sites (tertiary alicyclic amines) is 1. The molecule has 1 saturated carbocycles. The van der Waals surface area contributed by atoms with Crippen LogP contribution in [0.4, 0.5) is 5.82 Å². The van der Waals surface area contributed by atoms with E-state index in [4.69, 9.17) is 4.74 Å². The Morgan fingerprint density at radius 3 is 2.75 bits per heavy atom. The molecule has 3 saturated heterocycles. The van der Waals surface area contributed by atoms with Gasteiger partial charge in [-0.25, -0.2) is 0 Å². The number of rotatable bonds is 2. The van der Waals surface area contributed by atoms with E-state index in [1.165, 1.54) is 18.7 Å². The van der Waals surface area contributed by atoms with Gasteiger partial charge in [0.05, 0.1) is 17.7 Å². The van der Waals surface area contributed by atoms with E-state index in [1.807, 2.05) is 4.90 Å². The fourth-order valence-electron chi connectivity index (χ4n) is 6.06. The van der Waals surface area contributed by atoms with E-state index < -0.39 is 0 Å². The van der Waals surface area contributed by atoms with Crippen LogP contribution in [0.15, 0.2) is 6.07 Å². The molecular formula is C21H29N5O2. The molecular weight excluding hydrogens is 354 g/mol. The number of nitrogens with zero attached hydrogens (tertiary/aromatic N) is 5. The molecule has 0 bridgehead atoms. The maximum Gasteiger partial charge on any atom is 0.229 e. The van der Waals surface area contributed by atoms with Crippen molar-refractivity contribution >= 4 is 11.7 Å². The summed E-state index contributed by atoms with van der Waals surface area (Å²) < 4.78 is 5.80. The number of anilines is 1. The summed E-state index contributed by atoms with van der Waals surface area (Å²) in [6, 6.07) is 2.20. The van der Waals surface area contributed by atoms with Crippen LogP contribution in [0.1, 0.15) is 24.1 Å². The Hall–Kier alpha value is -1.73. The molecule has 0 aromatic carbocycles. The minimum Gasteiger partial charge on any atom is -0.377 e. The number of hydrogen-bond acceptors (Lipinski definition) is 6. The van der Waals surface area contributed by atoms with Gasteiger partial charge in [-0.15, -0.1) is 5.10 Å². The molecule has 0 radical (unpaired) electrons. The highest BCUT2D eigenvalue weighted by Gasteiger charge is 2.58. The highest BCUT2D eigenvalue weighted by atomic mass is 16.5. The van der Waals surface area contributed by atoms with Gasteiger partial charge in [-0.3, -0.25) is 4.79 Å². The summed E-state index contributed by atoms with van der Waals surface area (Å²) in [4.78, 5) is 19.9. The monoisotopic (exact) mass is 383 g/mol. The SMILES string of the molecule is CN1C[C@@H]2CN(c3cc4c(nn3)CCN(C(=O)[C@@H]3[C@H]5CCCO[C@H]53)C4)C[C@@H]2C1. The van der Waals surface area contributed by atoms with Crippen molar-refractivity contribution in [3.8, 4) is 0 Å². The van der Waals surface area contributed by atoms with Crippen molar-refractivity contribution in [1.82, 2.24) is 20.0 Å². The van der Waals surface area contributed by atoms with E-state index in [0.717, 1.165) is 68.9 Å². The van der Waals surface area contributed by atoms with Gasteiger partial charge < -0.3 is 19.4 Å². The summed E-state index contributed by atoms with van der Waals surface area (Å²) >= 11 is 0. The molecule has 0 spiro atoms. The minimum atomic E-state index is 0.105. The van der Waals surface area contributed by atoms with Crippen LogP contribution in [0.2, 0.25) is 0 Å². The highest BCUT2D eigenvalue weighted by molar-refractivity contribution is 5.83. The largest absolute Gasteiger partial charge is 0.377 e. The average Bonchev–Trinajstić information content (AvgIpc) is 3.15. The van der Waals surface area contributed by atoms with Gasteiger partial charge in [0.25, 0.3) is 0 Å². The molecule has 1 aliphatic carbocycles. The van der Waals surface area contributed by atoms with E-state index in [-0.39, 0.29) is 12.0 Å². The molecule has 28 heavy (non-hydrogen) atoms. The fraction of sp³-hybridized carbons (Fsp3) is 0.762. The molecule has 6 rings (SSSR count). The van der Waals surface area contributed by atoms with E-state index >= 15 is 0 Å². The number of hydrogen-bond donors (Lipinski definition) is 0. The molecule has 1 aromatic rings. The zero-order valence-electron chi connectivity index (χ0n) is 16.6. The molecule has 7 heteroatoms. The van der Waals surface area contributed by atoms with Gasteiger partial charge in [-0.1, -0.05) is 0 Å². The molecule has 4 aliphatic heterocycles. The second-order valence-electron chi connectivity index (χ2n) is 9.50. The number of carbonyl (C=O) groups is 1. The lowest BCUT2D eigenvalue weighted by molar-refractivity contribution is -0.134. The predicted octanol–water partition coefficient (Wildman–Crippen LogP) is 0.784. The molecule has 150 valence electrons. The van der Waals surface area contributed by atoms with Gasteiger partial charge in [-0.2, -0.15) is 5.10 Å². The average molecular weight is 383 g/mol. The van der Waals surface area contributed by atoms with Crippen LogP contribution in [-0.4, -0.2) is 78.4 Å². The first-order chi connectivity index (χ1) is 13.7. The van der Waals surface area contributed by atoms with Crippen LogP contribution in [0.5, 0.6) is 0 Å². The van der Waals surface area contributed by atoms with Crippen molar-refractivity contribution in [2.45, 2.75) is 31.9 Å². The maximum absolute atomic E-state index is 13.0. The van der Waals surface area contributed by atoms with Crippen LogP contribution >= 0.6 is 0 Å². The van der Waals surface area contributed by atoms with Crippen molar-refractivity contribution < 1.29 is 9.53 Å². The Labute approximate surface area is 166 Å². The quantitative estimate of drug-likeness (QED) is 0.752. The third-order valence-electron chi connectivity index (χ3n) is 7.60. The van der Waals surface area contributed by atoms with E-state index in [9.17, 15) is 4.79 Å². The summed E-state index contributed by atoms with van der Waals surface area (Å²) in [5.74, 6) is 3.36. The Bertz CT molecular complexity index is 775. The topological polar surface area (TPSA) is 61.8 Å². The van der Waals surface area contributed by atoms with Gasteiger partial charge in [0.1, 0.15) is 0 Å². The maximum atomic E-state index is 13.0. The first kappa shape index (κ1) is 17.2. The Morgan fingerprint density at radius 2 is 2.00 bits per heavy atom. The fourth-order valence-corrected chi connectivity index (χ4v) is 6.06. The smallest absolute Gasteiger partial charge is 0.229 e. The van der Waals surface area contributed by atoms with Gasteiger partial charge in [-0.05, 0) is 43.4 Å². The summed E-state index contributed by atoms with van der Waals surface area (Å²) in [6.07, 6.45) is 3.25. The number of carbonyl (C=O) groups excluding carboxylic acids is 1. The first-order valence-corrected chi connectivity index (χ1v) is 10.9. The number of amides is 1. The Balaban J connectivity index is 1.16.